The molecule has 2 rings (SSSR count). The van der Waals surface area contributed by atoms with Crippen molar-refractivity contribution in [3.05, 3.63) is 59.7 Å². The summed E-state index contributed by atoms with van der Waals surface area (Å²) in [4.78, 5) is 24.3. The Labute approximate surface area is 156 Å². The fourth-order valence-electron chi connectivity index (χ4n) is 2.45. The molecule has 2 amide bonds. The summed E-state index contributed by atoms with van der Waals surface area (Å²) in [6.45, 7) is 0. The lowest BCUT2D eigenvalue weighted by Gasteiger charge is -2.20. The van der Waals surface area contributed by atoms with Gasteiger partial charge in [0.1, 0.15) is 0 Å². The van der Waals surface area contributed by atoms with Gasteiger partial charge in [-0.1, -0.05) is 48.5 Å². The predicted molar refractivity (Wildman–Crippen MR) is 105 cm³/mol. The predicted octanol–water partition coefficient (Wildman–Crippen LogP) is 2.90. The molecule has 0 radical (unpaired) electrons. The van der Waals surface area contributed by atoms with E-state index in [0.717, 1.165) is 22.3 Å². The van der Waals surface area contributed by atoms with Crippen LogP contribution >= 0.6 is 0 Å². The second-order valence-corrected chi connectivity index (χ2v) is 8.56. The summed E-state index contributed by atoms with van der Waals surface area (Å²) < 4.78 is 0.657. The van der Waals surface area contributed by atoms with Crippen molar-refractivity contribution < 1.29 is 18.6 Å². The Bertz CT molecular complexity index is 707. The van der Waals surface area contributed by atoms with Crippen LogP contribution in [0.25, 0.3) is 11.1 Å². The molecule has 0 heterocycles. The molecule has 0 aliphatic heterocycles. The van der Waals surface area contributed by atoms with Gasteiger partial charge >= 0.3 is 11.8 Å². The standard InChI is InChI=1S/C22H30N2O2/c1-23(2,3)21(25)15-17-7-11-19(12-8-17)20-13-9-18(10-14-20)16-22(26)24(4,5)6/h7-14H,15-16H2,1-6H3/q+2. The Balaban J connectivity index is 2.08. The summed E-state index contributed by atoms with van der Waals surface area (Å²) in [5.41, 5.74) is 4.26. The molecule has 4 nitrogen and oxygen atoms in total. The molecule has 0 aliphatic rings. The second kappa shape index (κ2) is 7.52. The van der Waals surface area contributed by atoms with Crippen molar-refractivity contribution in [2.45, 2.75) is 12.8 Å². The molecule has 2 aromatic carbocycles. The molecule has 2 aromatic rings. The number of hydrogen-bond acceptors (Lipinski definition) is 2. The molecule has 138 valence electrons. The third-order valence-electron chi connectivity index (χ3n) is 4.45. The van der Waals surface area contributed by atoms with Gasteiger partial charge in [0.25, 0.3) is 0 Å². The van der Waals surface area contributed by atoms with Crippen molar-refractivity contribution in [1.82, 2.24) is 0 Å². The van der Waals surface area contributed by atoms with Gasteiger partial charge < -0.3 is 0 Å². The van der Waals surface area contributed by atoms with Gasteiger partial charge in [-0.3, -0.25) is 8.97 Å². The maximum Gasteiger partial charge on any atom is 0.317 e. The van der Waals surface area contributed by atoms with Crippen LogP contribution in [0.2, 0.25) is 0 Å². The molecule has 0 aromatic heterocycles. The molecule has 26 heavy (non-hydrogen) atoms. The minimum absolute atomic E-state index is 0.184. The number of amides is 2. The monoisotopic (exact) mass is 354 g/mol. The fourth-order valence-corrected chi connectivity index (χ4v) is 2.45. The summed E-state index contributed by atoms with van der Waals surface area (Å²) >= 11 is 0. The maximum absolute atomic E-state index is 12.1. The van der Waals surface area contributed by atoms with Gasteiger partial charge in [0.05, 0.1) is 55.1 Å². The van der Waals surface area contributed by atoms with Crippen LogP contribution in [0.5, 0.6) is 0 Å². The summed E-state index contributed by atoms with van der Waals surface area (Å²) in [5, 5.41) is 0. The number of carbonyl (C=O) groups is 2. The summed E-state index contributed by atoms with van der Waals surface area (Å²) in [6.07, 6.45) is 0.881. The van der Waals surface area contributed by atoms with E-state index in [-0.39, 0.29) is 11.8 Å². The first-order chi connectivity index (χ1) is 12.0. The molecule has 0 unspecified atom stereocenters. The Morgan fingerprint density at radius 1 is 0.577 bits per heavy atom. The third-order valence-corrected chi connectivity index (χ3v) is 4.45. The van der Waals surface area contributed by atoms with Gasteiger partial charge in [-0.05, 0) is 22.3 Å². The number of rotatable bonds is 5. The highest BCUT2D eigenvalue weighted by Crippen LogP contribution is 2.21. The number of benzene rings is 2. The van der Waals surface area contributed by atoms with Crippen LogP contribution < -0.4 is 0 Å². The summed E-state index contributed by atoms with van der Waals surface area (Å²) in [5.74, 6) is 0.369. The first kappa shape index (κ1) is 20.0. The van der Waals surface area contributed by atoms with Crippen LogP contribution in [0.15, 0.2) is 48.5 Å². The Kier molecular flexibility index (Phi) is 5.79. The largest absolute Gasteiger partial charge is 0.317 e. The number of carbonyl (C=O) groups excluding carboxylic acids is 2. The van der Waals surface area contributed by atoms with E-state index in [0.29, 0.717) is 21.8 Å². The van der Waals surface area contributed by atoms with Gasteiger partial charge in [-0.25, -0.2) is 9.59 Å². The van der Waals surface area contributed by atoms with Crippen molar-refractivity contribution in [1.29, 1.82) is 0 Å². The topological polar surface area (TPSA) is 34.1 Å². The molecule has 0 saturated heterocycles. The third kappa shape index (κ3) is 5.35. The summed E-state index contributed by atoms with van der Waals surface area (Å²) in [6, 6.07) is 16.2. The average Bonchev–Trinajstić information content (AvgIpc) is 2.54. The molecule has 0 N–H and O–H groups in total. The Hall–Kier alpha value is -2.30. The van der Waals surface area contributed by atoms with Crippen LogP contribution in [0.3, 0.4) is 0 Å². The smallest absolute Gasteiger partial charge is 0.267 e. The number of nitrogens with zero attached hydrogens (tertiary/aromatic N) is 2. The first-order valence-electron chi connectivity index (χ1n) is 8.85. The van der Waals surface area contributed by atoms with Gasteiger partial charge in [-0.2, -0.15) is 0 Å². The van der Waals surface area contributed by atoms with Crippen molar-refractivity contribution >= 4 is 11.8 Å². The second-order valence-electron chi connectivity index (χ2n) is 8.56. The minimum atomic E-state index is 0.184. The molecule has 0 saturated carbocycles. The van der Waals surface area contributed by atoms with E-state index in [4.69, 9.17) is 0 Å². The lowest BCUT2D eigenvalue weighted by molar-refractivity contribution is -0.792. The first-order valence-corrected chi connectivity index (χ1v) is 8.85. The molecule has 0 atom stereocenters. The quantitative estimate of drug-likeness (QED) is 0.774. The van der Waals surface area contributed by atoms with Crippen LogP contribution in [0.4, 0.5) is 0 Å². The van der Waals surface area contributed by atoms with Crippen molar-refractivity contribution in [3.8, 4) is 11.1 Å². The van der Waals surface area contributed by atoms with E-state index in [1.807, 2.05) is 90.8 Å². The zero-order valence-electron chi connectivity index (χ0n) is 16.7. The van der Waals surface area contributed by atoms with Crippen molar-refractivity contribution in [2.24, 2.45) is 0 Å². The van der Waals surface area contributed by atoms with Gasteiger partial charge in [0.2, 0.25) is 0 Å². The summed E-state index contributed by atoms with van der Waals surface area (Å²) in [7, 11) is 11.3. The van der Waals surface area contributed by atoms with Crippen LogP contribution in [0.1, 0.15) is 11.1 Å². The molecular weight excluding hydrogens is 324 g/mol. The molecule has 0 fully saturated rings. The normalized spacial score (nSPS) is 12.1. The molecule has 0 bridgehead atoms. The molecule has 0 spiro atoms. The molecule has 4 heteroatoms. The van der Waals surface area contributed by atoms with E-state index in [1.54, 1.807) is 0 Å². The average molecular weight is 354 g/mol. The van der Waals surface area contributed by atoms with E-state index >= 15 is 0 Å². The molecular formula is C22H30N2O2+2. The van der Waals surface area contributed by atoms with Crippen LogP contribution in [-0.4, -0.2) is 63.1 Å². The zero-order chi connectivity index (χ0) is 19.5. The number of likely N-dealkylation sites (N-methyl/N-ethyl adjacent to an activating group) is 2. The highest BCUT2D eigenvalue weighted by atomic mass is 16.2. The van der Waals surface area contributed by atoms with Crippen LogP contribution in [-0.2, 0) is 22.4 Å². The van der Waals surface area contributed by atoms with Gasteiger partial charge in [0.15, 0.2) is 0 Å². The highest BCUT2D eigenvalue weighted by molar-refractivity contribution is 5.73. The number of quaternary nitrogens is 2. The van der Waals surface area contributed by atoms with Crippen molar-refractivity contribution in [3.63, 3.8) is 0 Å². The highest BCUT2D eigenvalue weighted by Gasteiger charge is 2.21. The Morgan fingerprint density at radius 3 is 1.08 bits per heavy atom. The minimum Gasteiger partial charge on any atom is -0.267 e. The molecule has 0 aliphatic carbocycles. The van der Waals surface area contributed by atoms with E-state index < -0.39 is 0 Å². The Morgan fingerprint density at radius 2 is 0.846 bits per heavy atom. The van der Waals surface area contributed by atoms with E-state index in [2.05, 4.69) is 0 Å². The lowest BCUT2D eigenvalue weighted by Crippen LogP contribution is -2.42. The van der Waals surface area contributed by atoms with Crippen LogP contribution in [0, 0.1) is 0 Å². The van der Waals surface area contributed by atoms with E-state index in [1.165, 1.54) is 0 Å². The number of hydrogen-bond donors (Lipinski definition) is 0. The fraction of sp³-hybridized carbons (Fsp3) is 0.364. The zero-order valence-corrected chi connectivity index (χ0v) is 16.7. The van der Waals surface area contributed by atoms with Crippen molar-refractivity contribution in [2.75, 3.05) is 42.3 Å². The SMILES string of the molecule is C[N+](C)(C)C(=O)Cc1ccc(-c2ccc(CC(=O)[N+](C)(C)C)cc2)cc1. The van der Waals surface area contributed by atoms with Gasteiger partial charge in [0, 0.05) is 0 Å². The van der Waals surface area contributed by atoms with Gasteiger partial charge in [-0.15, -0.1) is 0 Å². The van der Waals surface area contributed by atoms with E-state index in [9.17, 15) is 9.59 Å². The maximum atomic E-state index is 12.1. The lowest BCUT2D eigenvalue weighted by atomic mass is 10.0.